The van der Waals surface area contributed by atoms with E-state index in [1.54, 1.807) is 0 Å². The zero-order valence-electron chi connectivity index (χ0n) is 13.3. The maximum absolute atomic E-state index is 6.33. The molecule has 2 aromatic carbocycles. The Kier molecular flexibility index (Phi) is 3.82. The second-order valence-electron chi connectivity index (χ2n) is 5.92. The summed E-state index contributed by atoms with van der Waals surface area (Å²) in [6.45, 7) is 3.64. The van der Waals surface area contributed by atoms with E-state index in [0.29, 0.717) is 19.8 Å². The minimum atomic E-state index is -0.196. The summed E-state index contributed by atoms with van der Waals surface area (Å²) in [4.78, 5) is 4.71. The molecule has 0 amide bonds. The zero-order valence-corrected chi connectivity index (χ0v) is 14.1. The van der Waals surface area contributed by atoms with E-state index in [1.807, 2.05) is 43.3 Å². The number of hydrogen-bond acceptors (Lipinski definition) is 4. The van der Waals surface area contributed by atoms with Crippen molar-refractivity contribution in [3.05, 3.63) is 52.8 Å². The number of halogens is 1. The monoisotopic (exact) mass is 343 g/mol. The molecular formula is C18H18ClN3O2. The number of imidazole rings is 1. The van der Waals surface area contributed by atoms with Crippen LogP contribution in [0.15, 0.2) is 36.4 Å². The minimum absolute atomic E-state index is 0.196. The van der Waals surface area contributed by atoms with Crippen LogP contribution in [0.5, 0.6) is 11.5 Å². The topological polar surface area (TPSA) is 62.3 Å². The summed E-state index contributed by atoms with van der Waals surface area (Å²) in [7, 11) is 0. The van der Waals surface area contributed by atoms with Gasteiger partial charge in [-0.15, -0.1) is 0 Å². The van der Waals surface area contributed by atoms with Crippen molar-refractivity contribution in [2.75, 3.05) is 13.2 Å². The third-order valence-corrected chi connectivity index (χ3v) is 4.50. The molecule has 1 unspecified atom stereocenters. The molecule has 24 heavy (non-hydrogen) atoms. The van der Waals surface area contributed by atoms with E-state index in [4.69, 9.17) is 31.8 Å². The lowest BCUT2D eigenvalue weighted by molar-refractivity contribution is 0.172. The average Bonchev–Trinajstić information content (AvgIpc) is 2.93. The van der Waals surface area contributed by atoms with Crippen molar-refractivity contribution < 1.29 is 9.47 Å². The molecule has 1 aliphatic rings. The van der Waals surface area contributed by atoms with Gasteiger partial charge < -0.3 is 19.8 Å². The van der Waals surface area contributed by atoms with Crippen molar-refractivity contribution in [1.29, 1.82) is 0 Å². The molecular weight excluding hydrogens is 326 g/mol. The summed E-state index contributed by atoms with van der Waals surface area (Å²) in [5.41, 5.74) is 8.98. The molecule has 0 saturated carbocycles. The SMILES string of the molecule is CC(N)c1nc2cc3c(cc2n1Cc1ccccc1Cl)OCCO3. The zero-order chi connectivity index (χ0) is 16.7. The van der Waals surface area contributed by atoms with Crippen LogP contribution in [0, 0.1) is 0 Å². The van der Waals surface area contributed by atoms with Crippen LogP contribution < -0.4 is 15.2 Å². The first-order valence-corrected chi connectivity index (χ1v) is 8.30. The lowest BCUT2D eigenvalue weighted by Crippen LogP contribution is -2.15. The van der Waals surface area contributed by atoms with E-state index in [1.165, 1.54) is 0 Å². The molecule has 0 aliphatic carbocycles. The predicted molar refractivity (Wildman–Crippen MR) is 93.9 cm³/mol. The first kappa shape index (κ1) is 15.3. The van der Waals surface area contributed by atoms with Crippen LogP contribution in [0.4, 0.5) is 0 Å². The quantitative estimate of drug-likeness (QED) is 0.790. The van der Waals surface area contributed by atoms with Gasteiger partial charge in [0.25, 0.3) is 0 Å². The molecule has 0 fully saturated rings. The van der Waals surface area contributed by atoms with Gasteiger partial charge in [-0.05, 0) is 18.6 Å². The molecule has 1 aliphatic heterocycles. The van der Waals surface area contributed by atoms with Crippen LogP contribution >= 0.6 is 11.6 Å². The summed E-state index contributed by atoms with van der Waals surface area (Å²) < 4.78 is 13.5. The second kappa shape index (κ2) is 6.00. The van der Waals surface area contributed by atoms with Crippen LogP contribution in [-0.4, -0.2) is 22.8 Å². The number of benzene rings is 2. The Bertz CT molecular complexity index is 905. The van der Waals surface area contributed by atoms with Gasteiger partial charge in [0, 0.05) is 17.2 Å². The van der Waals surface area contributed by atoms with Gasteiger partial charge in [-0.1, -0.05) is 29.8 Å². The Hall–Kier alpha value is -2.24. The fourth-order valence-electron chi connectivity index (χ4n) is 2.99. The molecule has 6 heteroatoms. The molecule has 4 rings (SSSR count). The Morgan fingerprint density at radius 2 is 1.92 bits per heavy atom. The highest BCUT2D eigenvalue weighted by Gasteiger charge is 2.20. The summed E-state index contributed by atoms with van der Waals surface area (Å²) in [6.07, 6.45) is 0. The highest BCUT2D eigenvalue weighted by atomic mass is 35.5. The molecule has 2 N–H and O–H groups in total. The molecule has 0 spiro atoms. The van der Waals surface area contributed by atoms with Gasteiger partial charge in [0.1, 0.15) is 19.0 Å². The van der Waals surface area contributed by atoms with Crippen molar-refractivity contribution >= 4 is 22.6 Å². The van der Waals surface area contributed by atoms with Crippen molar-refractivity contribution in [1.82, 2.24) is 9.55 Å². The average molecular weight is 344 g/mol. The fourth-order valence-corrected chi connectivity index (χ4v) is 3.19. The number of hydrogen-bond donors (Lipinski definition) is 1. The molecule has 124 valence electrons. The standard InChI is InChI=1S/C18H18ClN3O2/c1-11(20)18-21-14-8-16-17(24-7-6-23-16)9-15(14)22(18)10-12-4-2-3-5-13(12)19/h2-5,8-9,11H,6-7,10,20H2,1H3. The van der Waals surface area contributed by atoms with Gasteiger partial charge in [-0.2, -0.15) is 0 Å². The highest BCUT2D eigenvalue weighted by Crippen LogP contribution is 2.35. The van der Waals surface area contributed by atoms with Gasteiger partial charge in [0.15, 0.2) is 11.5 Å². The van der Waals surface area contributed by atoms with Gasteiger partial charge in [0.2, 0.25) is 0 Å². The van der Waals surface area contributed by atoms with E-state index in [9.17, 15) is 0 Å². The van der Waals surface area contributed by atoms with Crippen molar-refractivity contribution in [2.24, 2.45) is 5.73 Å². The normalized spacial score (nSPS) is 14.8. The molecule has 2 heterocycles. The third kappa shape index (κ3) is 2.60. The Morgan fingerprint density at radius 3 is 2.62 bits per heavy atom. The van der Waals surface area contributed by atoms with Gasteiger partial charge in [0.05, 0.1) is 23.6 Å². The smallest absolute Gasteiger partial charge is 0.163 e. The van der Waals surface area contributed by atoms with E-state index in [-0.39, 0.29) is 6.04 Å². The Morgan fingerprint density at radius 1 is 1.21 bits per heavy atom. The summed E-state index contributed by atoms with van der Waals surface area (Å²) in [5, 5.41) is 0.729. The summed E-state index contributed by atoms with van der Waals surface area (Å²) in [5.74, 6) is 2.28. The molecule has 1 atom stereocenters. The fraction of sp³-hybridized carbons (Fsp3) is 0.278. The number of nitrogens with zero attached hydrogens (tertiary/aromatic N) is 2. The maximum Gasteiger partial charge on any atom is 0.163 e. The number of nitrogens with two attached hydrogens (primary N) is 1. The number of rotatable bonds is 3. The first-order chi connectivity index (χ1) is 11.6. The largest absolute Gasteiger partial charge is 0.486 e. The Labute approximate surface area is 144 Å². The van der Waals surface area contributed by atoms with Crippen molar-refractivity contribution in [2.45, 2.75) is 19.5 Å². The number of aromatic nitrogens is 2. The minimum Gasteiger partial charge on any atom is -0.486 e. The van der Waals surface area contributed by atoms with Crippen molar-refractivity contribution in [3.63, 3.8) is 0 Å². The molecule has 0 bridgehead atoms. The second-order valence-corrected chi connectivity index (χ2v) is 6.33. The van der Waals surface area contributed by atoms with Crippen molar-refractivity contribution in [3.8, 4) is 11.5 Å². The number of fused-ring (bicyclic) bond motifs is 2. The maximum atomic E-state index is 6.33. The Balaban J connectivity index is 1.88. The highest BCUT2D eigenvalue weighted by molar-refractivity contribution is 6.31. The van der Waals surface area contributed by atoms with Crippen LogP contribution in [0.1, 0.15) is 24.4 Å². The lowest BCUT2D eigenvalue weighted by Gasteiger charge is -2.18. The van der Waals surface area contributed by atoms with E-state index < -0.39 is 0 Å². The van der Waals surface area contributed by atoms with E-state index in [0.717, 1.165) is 38.9 Å². The van der Waals surface area contributed by atoms with Crippen LogP contribution in [0.3, 0.4) is 0 Å². The van der Waals surface area contributed by atoms with Gasteiger partial charge in [-0.3, -0.25) is 0 Å². The van der Waals surface area contributed by atoms with E-state index in [2.05, 4.69) is 4.57 Å². The van der Waals surface area contributed by atoms with Crippen LogP contribution in [0.25, 0.3) is 11.0 Å². The molecule has 0 saturated heterocycles. The summed E-state index contributed by atoms with van der Waals surface area (Å²) in [6, 6.07) is 11.5. The lowest BCUT2D eigenvalue weighted by atomic mass is 10.2. The van der Waals surface area contributed by atoms with Crippen LogP contribution in [0.2, 0.25) is 5.02 Å². The predicted octanol–water partition coefficient (Wildman–Crippen LogP) is 3.53. The molecule has 5 nitrogen and oxygen atoms in total. The third-order valence-electron chi connectivity index (χ3n) is 4.14. The van der Waals surface area contributed by atoms with Crippen LogP contribution in [-0.2, 0) is 6.54 Å². The van der Waals surface area contributed by atoms with E-state index >= 15 is 0 Å². The molecule has 1 aromatic heterocycles. The first-order valence-electron chi connectivity index (χ1n) is 7.92. The van der Waals surface area contributed by atoms with Gasteiger partial charge >= 0.3 is 0 Å². The summed E-state index contributed by atoms with van der Waals surface area (Å²) >= 11 is 6.33. The number of ether oxygens (including phenoxy) is 2. The van der Waals surface area contributed by atoms with Gasteiger partial charge in [-0.25, -0.2) is 4.98 Å². The molecule has 0 radical (unpaired) electrons. The molecule has 3 aromatic rings.